The van der Waals surface area contributed by atoms with Crippen molar-refractivity contribution in [1.29, 1.82) is 0 Å². The number of ketones is 2. The van der Waals surface area contributed by atoms with Crippen LogP contribution in [0.1, 0.15) is 50.5 Å². The van der Waals surface area contributed by atoms with Crippen molar-refractivity contribution in [3.05, 3.63) is 64.7 Å². The van der Waals surface area contributed by atoms with Gasteiger partial charge in [-0.1, -0.05) is 62.7 Å². The molecule has 1 fully saturated rings. The molecule has 2 atom stereocenters. The molecule has 8 nitrogen and oxygen atoms in total. The minimum atomic E-state index is -1.71. The summed E-state index contributed by atoms with van der Waals surface area (Å²) in [7, 11) is 0. The predicted octanol–water partition coefficient (Wildman–Crippen LogP) is 4.32. The van der Waals surface area contributed by atoms with Crippen molar-refractivity contribution in [2.75, 3.05) is 5.32 Å². The van der Waals surface area contributed by atoms with E-state index in [4.69, 9.17) is 11.6 Å². The Labute approximate surface area is 209 Å². The van der Waals surface area contributed by atoms with Crippen LogP contribution in [0, 0.1) is 5.41 Å². The largest absolute Gasteiger partial charge is 0.328 e. The minimum absolute atomic E-state index is 0.101. The fraction of sp³-hybridized carbons (Fsp3) is 0.346. The van der Waals surface area contributed by atoms with E-state index in [1.807, 2.05) is 30.3 Å². The molecule has 0 saturated carbocycles. The van der Waals surface area contributed by atoms with Gasteiger partial charge in [0, 0.05) is 17.5 Å². The zero-order valence-corrected chi connectivity index (χ0v) is 21.1. The molecule has 2 unspecified atom stereocenters. The van der Waals surface area contributed by atoms with E-state index in [2.05, 4.69) is 5.32 Å². The first kappa shape index (κ1) is 26.1. The molecule has 0 spiro atoms. The maximum absolute atomic E-state index is 13.4. The van der Waals surface area contributed by atoms with Gasteiger partial charge in [0.25, 0.3) is 11.8 Å². The lowest BCUT2D eigenvalue weighted by molar-refractivity contribution is -0.143. The fourth-order valence-electron chi connectivity index (χ4n) is 3.76. The van der Waals surface area contributed by atoms with E-state index in [1.165, 1.54) is 30.0 Å². The number of anilines is 1. The van der Waals surface area contributed by atoms with Crippen LogP contribution in [0.2, 0.25) is 5.02 Å². The van der Waals surface area contributed by atoms with E-state index in [1.54, 1.807) is 27.7 Å². The van der Waals surface area contributed by atoms with Crippen molar-refractivity contribution in [2.45, 2.75) is 53.2 Å². The quantitative estimate of drug-likeness (QED) is 0.348. The summed E-state index contributed by atoms with van der Waals surface area (Å²) in [6.45, 7) is 7.89. The molecule has 1 aliphatic heterocycles. The lowest BCUT2D eigenvalue weighted by atomic mass is 9.85. The molecule has 1 saturated heterocycles. The summed E-state index contributed by atoms with van der Waals surface area (Å²) in [5.74, 6) is -2.38. The number of nitrogens with zero attached hydrogens (tertiary/aromatic N) is 2. The predicted molar refractivity (Wildman–Crippen MR) is 132 cm³/mol. The monoisotopic (exact) mass is 497 g/mol. The summed E-state index contributed by atoms with van der Waals surface area (Å²) in [5, 5.41) is 2.69. The molecule has 2 aromatic rings. The van der Waals surface area contributed by atoms with Gasteiger partial charge in [0.2, 0.25) is 0 Å². The number of nitrogens with one attached hydrogen (secondary N) is 1. The summed E-state index contributed by atoms with van der Waals surface area (Å²) < 4.78 is 0. The average molecular weight is 498 g/mol. The first-order valence-electron chi connectivity index (χ1n) is 11.2. The van der Waals surface area contributed by atoms with Crippen molar-refractivity contribution in [3.8, 4) is 0 Å². The van der Waals surface area contributed by atoms with Crippen molar-refractivity contribution in [1.82, 2.24) is 9.80 Å². The normalized spacial score (nSPS) is 16.9. The highest BCUT2D eigenvalue weighted by Crippen LogP contribution is 2.29. The molecule has 0 aliphatic carbocycles. The first-order valence-corrected chi connectivity index (χ1v) is 11.5. The van der Waals surface area contributed by atoms with Gasteiger partial charge in [-0.2, -0.15) is 0 Å². The molecule has 0 bridgehead atoms. The SMILES string of the molecule is CC(=O)c1ccc(Cl)c(NC(=O)C(C(=O)C(C)(C)C)N2C(=O)C(C)N(Cc3ccccc3)C2=O)c1. The van der Waals surface area contributed by atoms with Crippen LogP contribution in [0.3, 0.4) is 0 Å². The molecule has 4 amide bonds. The van der Waals surface area contributed by atoms with Crippen LogP contribution in [-0.2, 0) is 20.9 Å². The summed E-state index contributed by atoms with van der Waals surface area (Å²) in [6, 6.07) is 10.2. The van der Waals surface area contributed by atoms with Crippen molar-refractivity contribution in [3.63, 3.8) is 0 Å². The highest BCUT2D eigenvalue weighted by Gasteiger charge is 2.52. The number of halogens is 1. The van der Waals surface area contributed by atoms with Crippen LogP contribution in [0.5, 0.6) is 0 Å². The number of Topliss-reactive ketones (excluding diaryl/α,β-unsaturated/α-hetero) is 2. The molecule has 1 aliphatic rings. The Balaban J connectivity index is 1.98. The summed E-state index contributed by atoms with van der Waals surface area (Å²) >= 11 is 6.21. The highest BCUT2D eigenvalue weighted by molar-refractivity contribution is 6.34. The second kappa shape index (κ2) is 10.00. The average Bonchev–Trinajstić information content (AvgIpc) is 2.99. The second-order valence-electron chi connectivity index (χ2n) is 9.54. The topological polar surface area (TPSA) is 104 Å². The molecule has 0 radical (unpaired) electrons. The number of carbonyl (C=O) groups is 5. The van der Waals surface area contributed by atoms with Crippen molar-refractivity contribution in [2.24, 2.45) is 5.41 Å². The van der Waals surface area contributed by atoms with Crippen LogP contribution in [0.4, 0.5) is 10.5 Å². The number of carbonyl (C=O) groups excluding carboxylic acids is 5. The smallest absolute Gasteiger partial charge is 0.323 e. The molecule has 2 aromatic carbocycles. The lowest BCUT2D eigenvalue weighted by Gasteiger charge is -2.29. The van der Waals surface area contributed by atoms with Gasteiger partial charge in [0.15, 0.2) is 17.6 Å². The fourth-order valence-corrected chi connectivity index (χ4v) is 3.92. The molecular formula is C26H28ClN3O5. The highest BCUT2D eigenvalue weighted by atomic mass is 35.5. The van der Waals surface area contributed by atoms with Gasteiger partial charge in [0.05, 0.1) is 10.7 Å². The zero-order valence-electron chi connectivity index (χ0n) is 20.3. The number of hydrogen-bond donors (Lipinski definition) is 1. The second-order valence-corrected chi connectivity index (χ2v) is 9.94. The van der Waals surface area contributed by atoms with E-state index in [0.29, 0.717) is 5.56 Å². The molecule has 35 heavy (non-hydrogen) atoms. The number of urea groups is 1. The van der Waals surface area contributed by atoms with E-state index in [9.17, 15) is 24.0 Å². The summed E-state index contributed by atoms with van der Waals surface area (Å²) in [5.41, 5.74) is 0.172. The number of hydrogen-bond acceptors (Lipinski definition) is 5. The number of amides is 4. The van der Waals surface area contributed by atoms with E-state index >= 15 is 0 Å². The van der Waals surface area contributed by atoms with E-state index in [0.717, 1.165) is 10.5 Å². The van der Waals surface area contributed by atoms with Crippen LogP contribution < -0.4 is 5.32 Å². The van der Waals surface area contributed by atoms with E-state index in [-0.39, 0.29) is 23.0 Å². The summed E-state index contributed by atoms with van der Waals surface area (Å²) in [6.07, 6.45) is 0. The van der Waals surface area contributed by atoms with Crippen LogP contribution in [0.25, 0.3) is 0 Å². The molecule has 184 valence electrons. The molecule has 9 heteroatoms. The Morgan fingerprint density at radius 1 is 1.06 bits per heavy atom. The lowest BCUT2D eigenvalue weighted by Crippen LogP contribution is -2.55. The van der Waals surface area contributed by atoms with Crippen LogP contribution in [0.15, 0.2) is 48.5 Å². The third kappa shape index (κ3) is 5.43. The third-order valence-corrected chi connectivity index (χ3v) is 6.16. The Kier molecular flexibility index (Phi) is 7.45. The number of benzene rings is 2. The van der Waals surface area contributed by atoms with Gasteiger partial charge in [0.1, 0.15) is 6.04 Å². The Hall–Kier alpha value is -3.52. The molecule has 1 heterocycles. The number of imide groups is 1. The third-order valence-electron chi connectivity index (χ3n) is 5.83. The maximum Gasteiger partial charge on any atom is 0.328 e. The Bertz CT molecular complexity index is 1190. The van der Waals surface area contributed by atoms with Gasteiger partial charge < -0.3 is 10.2 Å². The zero-order chi connectivity index (χ0) is 26.1. The van der Waals surface area contributed by atoms with E-state index < -0.39 is 41.1 Å². The standard InChI is InChI=1S/C26H28ClN3O5/c1-15-24(34)30(25(35)29(15)14-17-9-7-6-8-10-17)21(22(32)26(3,4)5)23(33)28-20-13-18(16(2)31)11-12-19(20)27/h6-13,15,21H,14H2,1-5H3,(H,28,33). The van der Waals surface area contributed by atoms with Crippen molar-refractivity contribution < 1.29 is 24.0 Å². The number of rotatable bonds is 7. The van der Waals surface area contributed by atoms with Gasteiger partial charge in [-0.25, -0.2) is 9.69 Å². The van der Waals surface area contributed by atoms with Gasteiger partial charge >= 0.3 is 6.03 Å². The van der Waals surface area contributed by atoms with Gasteiger partial charge in [-0.05, 0) is 37.6 Å². The first-order chi connectivity index (χ1) is 16.3. The Morgan fingerprint density at radius 3 is 2.26 bits per heavy atom. The van der Waals surface area contributed by atoms with Gasteiger partial charge in [-0.15, -0.1) is 0 Å². The van der Waals surface area contributed by atoms with Crippen LogP contribution in [-0.4, -0.2) is 51.3 Å². The molecule has 3 rings (SSSR count). The minimum Gasteiger partial charge on any atom is -0.323 e. The molecule has 0 aromatic heterocycles. The summed E-state index contributed by atoms with van der Waals surface area (Å²) in [4.78, 5) is 67.3. The van der Waals surface area contributed by atoms with Crippen molar-refractivity contribution >= 4 is 46.7 Å². The van der Waals surface area contributed by atoms with Crippen LogP contribution >= 0.6 is 11.6 Å². The maximum atomic E-state index is 13.4. The Morgan fingerprint density at radius 2 is 1.69 bits per heavy atom. The van der Waals surface area contributed by atoms with Gasteiger partial charge in [-0.3, -0.25) is 19.2 Å². The molecular weight excluding hydrogens is 470 g/mol. The molecule has 1 N–H and O–H groups in total.